The van der Waals surface area contributed by atoms with E-state index in [-0.39, 0.29) is 10.6 Å². The van der Waals surface area contributed by atoms with E-state index in [1.165, 1.54) is 30.2 Å². The van der Waals surface area contributed by atoms with Crippen molar-refractivity contribution in [3.63, 3.8) is 0 Å². The van der Waals surface area contributed by atoms with Crippen LogP contribution in [-0.2, 0) is 0 Å². The summed E-state index contributed by atoms with van der Waals surface area (Å²) in [4.78, 5) is 13.6. The Morgan fingerprint density at radius 1 is 1.55 bits per heavy atom. The first-order valence-electron chi connectivity index (χ1n) is 7.09. The molecule has 1 aliphatic rings. The van der Waals surface area contributed by atoms with E-state index in [0.29, 0.717) is 21.8 Å². The zero-order chi connectivity index (χ0) is 14.9. The summed E-state index contributed by atoms with van der Waals surface area (Å²) in [6.45, 7) is 3.88. The number of nitrogens with zero attached hydrogens (tertiary/aromatic N) is 2. The van der Waals surface area contributed by atoms with Crippen LogP contribution in [0.25, 0.3) is 0 Å². The summed E-state index contributed by atoms with van der Waals surface area (Å²) < 4.78 is 0. The lowest BCUT2D eigenvalue weighted by Gasteiger charge is -2.34. The third-order valence-corrected chi connectivity index (χ3v) is 5.48. The standard InChI is InChI=1S/C14H22N2O3S/c1-9-5-4-6-11(7-9)15(3)14-12(16(18)19)8-13(20-14)10(2)17/h8-11,17H,4-7H2,1-3H3/t9?,10-,11?/m0/s1. The molecule has 1 aliphatic carbocycles. The van der Waals surface area contributed by atoms with Crippen molar-refractivity contribution >= 4 is 22.0 Å². The minimum atomic E-state index is -0.661. The van der Waals surface area contributed by atoms with Crippen molar-refractivity contribution in [2.75, 3.05) is 11.9 Å². The molecule has 0 saturated heterocycles. The van der Waals surface area contributed by atoms with E-state index in [1.54, 1.807) is 6.92 Å². The van der Waals surface area contributed by atoms with Crippen LogP contribution in [0.1, 0.15) is 50.5 Å². The van der Waals surface area contributed by atoms with E-state index in [4.69, 9.17) is 0 Å². The molecular weight excluding hydrogens is 276 g/mol. The third kappa shape index (κ3) is 3.12. The van der Waals surface area contributed by atoms with Crippen LogP contribution in [0.5, 0.6) is 0 Å². The molecule has 0 aromatic carbocycles. The second kappa shape index (κ2) is 6.10. The SMILES string of the molecule is CC1CCCC(N(C)c2sc([C@H](C)O)cc2[N+](=O)[O-])C1. The van der Waals surface area contributed by atoms with Crippen LogP contribution in [0.4, 0.5) is 10.7 Å². The highest BCUT2D eigenvalue weighted by Gasteiger charge is 2.29. The van der Waals surface area contributed by atoms with E-state index in [2.05, 4.69) is 6.92 Å². The maximum Gasteiger partial charge on any atom is 0.304 e. The average molecular weight is 298 g/mol. The Balaban J connectivity index is 2.27. The molecule has 6 heteroatoms. The van der Waals surface area contributed by atoms with Gasteiger partial charge in [-0.25, -0.2) is 0 Å². The van der Waals surface area contributed by atoms with Gasteiger partial charge in [0.25, 0.3) is 0 Å². The molecule has 1 N–H and O–H groups in total. The average Bonchev–Trinajstić information content (AvgIpc) is 2.83. The van der Waals surface area contributed by atoms with Crippen molar-refractivity contribution in [2.24, 2.45) is 5.92 Å². The fraction of sp³-hybridized carbons (Fsp3) is 0.714. The minimum Gasteiger partial charge on any atom is -0.388 e. The van der Waals surface area contributed by atoms with Gasteiger partial charge in [0.1, 0.15) is 0 Å². The van der Waals surface area contributed by atoms with Crippen molar-refractivity contribution in [3.8, 4) is 0 Å². The summed E-state index contributed by atoms with van der Waals surface area (Å²) in [5.41, 5.74) is 0.117. The molecule has 1 aromatic rings. The zero-order valence-electron chi connectivity index (χ0n) is 12.2. The van der Waals surface area contributed by atoms with Crippen molar-refractivity contribution in [3.05, 3.63) is 21.1 Å². The summed E-state index contributed by atoms with van der Waals surface area (Å²) in [6, 6.07) is 1.87. The summed E-state index contributed by atoms with van der Waals surface area (Å²) in [5.74, 6) is 0.673. The highest BCUT2D eigenvalue weighted by atomic mass is 32.1. The van der Waals surface area contributed by atoms with Crippen molar-refractivity contribution < 1.29 is 10.0 Å². The van der Waals surface area contributed by atoms with Crippen molar-refractivity contribution in [2.45, 2.75) is 51.7 Å². The van der Waals surface area contributed by atoms with Crippen LogP contribution in [0.15, 0.2) is 6.07 Å². The maximum atomic E-state index is 11.2. The summed E-state index contributed by atoms with van der Waals surface area (Å²) in [6.07, 6.45) is 3.93. The number of anilines is 1. The summed E-state index contributed by atoms with van der Waals surface area (Å²) >= 11 is 1.33. The number of hydrogen-bond donors (Lipinski definition) is 1. The quantitative estimate of drug-likeness (QED) is 0.679. The number of rotatable bonds is 4. The second-order valence-corrected chi connectivity index (χ2v) is 6.87. The number of aliphatic hydroxyl groups is 1. The monoisotopic (exact) mass is 298 g/mol. The van der Waals surface area contributed by atoms with Gasteiger partial charge >= 0.3 is 5.69 Å². The summed E-state index contributed by atoms with van der Waals surface area (Å²) in [7, 11) is 1.94. The topological polar surface area (TPSA) is 66.6 Å². The molecule has 0 bridgehead atoms. The molecule has 5 nitrogen and oxygen atoms in total. The first-order chi connectivity index (χ1) is 9.40. The van der Waals surface area contributed by atoms with Gasteiger partial charge < -0.3 is 10.0 Å². The van der Waals surface area contributed by atoms with Gasteiger partial charge in [-0.05, 0) is 25.7 Å². The number of thiophene rings is 1. The maximum absolute atomic E-state index is 11.2. The normalized spacial score (nSPS) is 24.4. The van der Waals surface area contributed by atoms with E-state index in [0.717, 1.165) is 12.8 Å². The third-order valence-electron chi connectivity index (χ3n) is 4.10. The van der Waals surface area contributed by atoms with Crippen LogP contribution in [0.3, 0.4) is 0 Å². The molecule has 112 valence electrons. The molecule has 1 aromatic heterocycles. The molecule has 1 saturated carbocycles. The van der Waals surface area contributed by atoms with Gasteiger partial charge in [0, 0.05) is 24.0 Å². The number of aliphatic hydroxyl groups excluding tert-OH is 1. The zero-order valence-corrected chi connectivity index (χ0v) is 13.0. The smallest absolute Gasteiger partial charge is 0.304 e. The van der Waals surface area contributed by atoms with Gasteiger partial charge in [0.05, 0.1) is 11.0 Å². The predicted molar refractivity (Wildman–Crippen MR) is 81.4 cm³/mol. The highest BCUT2D eigenvalue weighted by molar-refractivity contribution is 7.16. The van der Waals surface area contributed by atoms with Gasteiger partial charge in [-0.15, -0.1) is 11.3 Å². The molecular formula is C14H22N2O3S. The number of nitro groups is 1. The molecule has 0 aliphatic heterocycles. The molecule has 1 fully saturated rings. The molecule has 0 radical (unpaired) electrons. The van der Waals surface area contributed by atoms with Crippen LogP contribution < -0.4 is 4.90 Å². The van der Waals surface area contributed by atoms with E-state index < -0.39 is 6.10 Å². The Morgan fingerprint density at radius 2 is 2.25 bits per heavy atom. The molecule has 2 unspecified atom stereocenters. The molecule has 1 heterocycles. The lowest BCUT2D eigenvalue weighted by Crippen LogP contribution is -2.35. The Hall–Kier alpha value is -1.14. The largest absolute Gasteiger partial charge is 0.388 e. The molecule has 20 heavy (non-hydrogen) atoms. The van der Waals surface area contributed by atoms with Gasteiger partial charge in [-0.1, -0.05) is 19.8 Å². The van der Waals surface area contributed by atoms with Crippen LogP contribution in [0, 0.1) is 16.0 Å². The fourth-order valence-corrected chi connectivity index (χ4v) is 3.99. The van der Waals surface area contributed by atoms with Crippen molar-refractivity contribution in [1.82, 2.24) is 0 Å². The lowest BCUT2D eigenvalue weighted by atomic mass is 9.86. The van der Waals surface area contributed by atoms with Crippen LogP contribution in [-0.4, -0.2) is 23.1 Å². The molecule has 3 atom stereocenters. The Morgan fingerprint density at radius 3 is 2.80 bits per heavy atom. The van der Waals surface area contributed by atoms with Crippen LogP contribution in [0.2, 0.25) is 0 Å². The summed E-state index contributed by atoms with van der Waals surface area (Å²) in [5, 5.41) is 21.5. The Bertz CT molecular complexity index is 487. The van der Waals surface area contributed by atoms with Gasteiger partial charge in [-0.3, -0.25) is 10.1 Å². The second-order valence-electron chi connectivity index (χ2n) is 5.81. The van der Waals surface area contributed by atoms with Gasteiger partial charge in [-0.2, -0.15) is 0 Å². The minimum absolute atomic E-state index is 0.117. The molecule has 0 amide bonds. The first kappa shape index (κ1) is 15.3. The number of hydrogen-bond acceptors (Lipinski definition) is 5. The van der Waals surface area contributed by atoms with Crippen LogP contribution >= 0.6 is 11.3 Å². The Kier molecular flexibility index (Phi) is 4.65. The highest BCUT2D eigenvalue weighted by Crippen LogP contribution is 2.42. The first-order valence-corrected chi connectivity index (χ1v) is 7.90. The van der Waals surface area contributed by atoms with E-state index >= 15 is 0 Å². The lowest BCUT2D eigenvalue weighted by molar-refractivity contribution is -0.383. The Labute approximate surface area is 123 Å². The van der Waals surface area contributed by atoms with Crippen molar-refractivity contribution in [1.29, 1.82) is 0 Å². The molecule has 2 rings (SSSR count). The van der Waals surface area contributed by atoms with E-state index in [1.807, 2.05) is 11.9 Å². The predicted octanol–water partition coefficient (Wildman–Crippen LogP) is 3.72. The fourth-order valence-electron chi connectivity index (χ4n) is 2.90. The molecule has 0 spiro atoms. The van der Waals surface area contributed by atoms with Gasteiger partial charge in [0.15, 0.2) is 5.00 Å². The van der Waals surface area contributed by atoms with E-state index in [9.17, 15) is 15.2 Å². The van der Waals surface area contributed by atoms with Gasteiger partial charge in [0.2, 0.25) is 0 Å².